The molecule has 1 saturated heterocycles. The number of ether oxygens (including phenoxy) is 1. The first-order valence-corrected chi connectivity index (χ1v) is 4.54. The number of esters is 1. The molecule has 1 fully saturated rings. The Bertz CT molecular complexity index is 153. The summed E-state index contributed by atoms with van der Waals surface area (Å²) in [5, 5.41) is 3.27. The van der Waals surface area contributed by atoms with Crippen LogP contribution < -0.4 is 5.32 Å². The Labute approximate surface area is 73.5 Å². The Balaban J connectivity index is 2.39. The van der Waals surface area contributed by atoms with Gasteiger partial charge in [0.25, 0.3) is 0 Å². The minimum Gasteiger partial charge on any atom is -0.469 e. The molecule has 0 amide bonds. The molecule has 70 valence electrons. The first-order valence-electron chi connectivity index (χ1n) is 4.54. The first kappa shape index (κ1) is 9.52. The quantitative estimate of drug-likeness (QED) is 0.624. The van der Waals surface area contributed by atoms with Gasteiger partial charge in [0.2, 0.25) is 0 Å². The van der Waals surface area contributed by atoms with Crippen molar-refractivity contribution < 1.29 is 9.53 Å². The van der Waals surface area contributed by atoms with Crippen molar-refractivity contribution in [3.63, 3.8) is 0 Å². The fourth-order valence-corrected chi connectivity index (χ4v) is 1.72. The van der Waals surface area contributed by atoms with Crippen molar-refractivity contribution in [1.82, 2.24) is 5.32 Å². The highest BCUT2D eigenvalue weighted by Gasteiger charge is 2.25. The van der Waals surface area contributed by atoms with Gasteiger partial charge in [-0.05, 0) is 31.8 Å². The molecule has 0 aromatic carbocycles. The van der Waals surface area contributed by atoms with Crippen LogP contribution in [-0.4, -0.2) is 26.2 Å². The minimum absolute atomic E-state index is 0.0668. The molecule has 1 N–H and O–H groups in total. The van der Waals surface area contributed by atoms with Gasteiger partial charge >= 0.3 is 5.97 Å². The third-order valence-electron chi connectivity index (χ3n) is 2.66. The van der Waals surface area contributed by atoms with E-state index in [4.69, 9.17) is 4.74 Å². The molecule has 3 nitrogen and oxygen atoms in total. The highest BCUT2D eigenvalue weighted by atomic mass is 16.5. The summed E-state index contributed by atoms with van der Waals surface area (Å²) in [6, 6.07) is 0. The van der Waals surface area contributed by atoms with Gasteiger partial charge in [0, 0.05) is 0 Å². The maximum absolute atomic E-state index is 11.2. The maximum Gasteiger partial charge on any atom is 0.308 e. The third kappa shape index (κ3) is 2.21. The number of hydrogen-bond donors (Lipinski definition) is 1. The van der Waals surface area contributed by atoms with Crippen LogP contribution in [0.3, 0.4) is 0 Å². The average Bonchev–Trinajstić information content (AvgIpc) is 2.17. The summed E-state index contributed by atoms with van der Waals surface area (Å²) in [5.41, 5.74) is 0. The number of carbonyl (C=O) groups is 1. The van der Waals surface area contributed by atoms with Gasteiger partial charge in [0.15, 0.2) is 0 Å². The predicted molar refractivity (Wildman–Crippen MR) is 46.8 cm³/mol. The highest BCUT2D eigenvalue weighted by Crippen LogP contribution is 2.22. The van der Waals surface area contributed by atoms with Gasteiger partial charge in [-0.2, -0.15) is 0 Å². The zero-order chi connectivity index (χ0) is 8.97. The summed E-state index contributed by atoms with van der Waals surface area (Å²) in [6.45, 7) is 4.03. The summed E-state index contributed by atoms with van der Waals surface area (Å²) in [4.78, 5) is 11.2. The van der Waals surface area contributed by atoms with E-state index in [-0.39, 0.29) is 11.9 Å². The zero-order valence-electron chi connectivity index (χ0n) is 7.80. The second-order valence-corrected chi connectivity index (χ2v) is 3.40. The third-order valence-corrected chi connectivity index (χ3v) is 2.66. The van der Waals surface area contributed by atoms with Crippen molar-refractivity contribution in [3.8, 4) is 0 Å². The lowest BCUT2D eigenvalue weighted by molar-refractivity contribution is -0.147. The summed E-state index contributed by atoms with van der Waals surface area (Å²) in [7, 11) is 1.46. The second-order valence-electron chi connectivity index (χ2n) is 3.40. The fraction of sp³-hybridized carbons (Fsp3) is 0.889. The summed E-state index contributed by atoms with van der Waals surface area (Å²) >= 11 is 0. The lowest BCUT2D eigenvalue weighted by atomic mass is 9.86. The molecule has 3 heteroatoms. The molecule has 0 radical (unpaired) electrons. The van der Waals surface area contributed by atoms with Crippen LogP contribution in [0.15, 0.2) is 0 Å². The Kier molecular flexibility index (Phi) is 3.53. The summed E-state index contributed by atoms with van der Waals surface area (Å²) < 4.78 is 4.71. The molecule has 0 aromatic rings. The average molecular weight is 171 g/mol. The van der Waals surface area contributed by atoms with Crippen molar-refractivity contribution in [2.45, 2.75) is 19.8 Å². The fourth-order valence-electron chi connectivity index (χ4n) is 1.72. The van der Waals surface area contributed by atoms with Gasteiger partial charge < -0.3 is 10.1 Å². The van der Waals surface area contributed by atoms with Gasteiger partial charge in [0.1, 0.15) is 0 Å². The van der Waals surface area contributed by atoms with Gasteiger partial charge in [-0.3, -0.25) is 4.79 Å². The Morgan fingerprint density at radius 2 is 2.08 bits per heavy atom. The molecule has 0 bridgehead atoms. The van der Waals surface area contributed by atoms with E-state index >= 15 is 0 Å². The van der Waals surface area contributed by atoms with E-state index in [1.807, 2.05) is 6.92 Å². The van der Waals surface area contributed by atoms with Crippen LogP contribution in [0, 0.1) is 11.8 Å². The van der Waals surface area contributed by atoms with Crippen LogP contribution >= 0.6 is 0 Å². The van der Waals surface area contributed by atoms with Crippen LogP contribution in [0.2, 0.25) is 0 Å². The number of rotatable bonds is 2. The second kappa shape index (κ2) is 4.45. The van der Waals surface area contributed by atoms with E-state index in [2.05, 4.69) is 5.32 Å². The van der Waals surface area contributed by atoms with Crippen LogP contribution in [0.1, 0.15) is 19.8 Å². The van der Waals surface area contributed by atoms with Crippen LogP contribution in [0.5, 0.6) is 0 Å². The summed E-state index contributed by atoms with van der Waals surface area (Å²) in [6.07, 6.45) is 2.19. The molecule has 1 aliphatic rings. The predicted octanol–water partition coefficient (Wildman–Crippen LogP) is 0.795. The van der Waals surface area contributed by atoms with Crippen LogP contribution in [0.4, 0.5) is 0 Å². The number of methoxy groups -OCH3 is 1. The Morgan fingerprint density at radius 3 is 2.58 bits per heavy atom. The number of hydrogen-bond acceptors (Lipinski definition) is 3. The van der Waals surface area contributed by atoms with Crippen molar-refractivity contribution >= 4 is 5.97 Å². The molecular formula is C9H17NO2. The van der Waals surface area contributed by atoms with Crippen LogP contribution in [0.25, 0.3) is 0 Å². The molecule has 0 aliphatic carbocycles. The van der Waals surface area contributed by atoms with Crippen molar-refractivity contribution in [2.75, 3.05) is 20.2 Å². The minimum atomic E-state index is -0.0677. The van der Waals surface area contributed by atoms with Gasteiger partial charge in [-0.15, -0.1) is 0 Å². The van der Waals surface area contributed by atoms with E-state index < -0.39 is 0 Å². The lowest BCUT2D eigenvalue weighted by Crippen LogP contribution is -2.33. The normalized spacial score (nSPS) is 21.8. The standard InChI is InChI=1S/C9H17NO2/c1-7(9(11)12-2)8-3-5-10-6-4-8/h7-8,10H,3-6H2,1-2H3/t7-/m1/s1. The van der Waals surface area contributed by atoms with E-state index in [0.717, 1.165) is 25.9 Å². The highest BCUT2D eigenvalue weighted by molar-refractivity contribution is 5.72. The van der Waals surface area contributed by atoms with Crippen LogP contribution in [-0.2, 0) is 9.53 Å². The van der Waals surface area contributed by atoms with Gasteiger partial charge in [-0.1, -0.05) is 6.92 Å². The number of nitrogens with one attached hydrogen (secondary N) is 1. The molecule has 1 atom stereocenters. The van der Waals surface area contributed by atoms with Crippen molar-refractivity contribution in [1.29, 1.82) is 0 Å². The largest absolute Gasteiger partial charge is 0.469 e. The number of piperidine rings is 1. The van der Waals surface area contributed by atoms with E-state index in [0.29, 0.717) is 5.92 Å². The Morgan fingerprint density at radius 1 is 1.50 bits per heavy atom. The van der Waals surface area contributed by atoms with Gasteiger partial charge in [-0.25, -0.2) is 0 Å². The van der Waals surface area contributed by atoms with Crippen molar-refractivity contribution in [2.24, 2.45) is 11.8 Å². The SMILES string of the molecule is COC(=O)[C@H](C)C1CCNCC1. The van der Waals surface area contributed by atoms with Crippen molar-refractivity contribution in [3.05, 3.63) is 0 Å². The first-order chi connectivity index (χ1) is 5.75. The molecule has 1 rings (SSSR count). The van der Waals surface area contributed by atoms with Gasteiger partial charge in [0.05, 0.1) is 13.0 Å². The molecule has 0 unspecified atom stereocenters. The molecule has 0 saturated carbocycles. The summed E-state index contributed by atoms with van der Waals surface area (Å²) in [5.74, 6) is 0.512. The molecule has 0 spiro atoms. The molecule has 1 aliphatic heterocycles. The number of carbonyl (C=O) groups excluding carboxylic acids is 1. The van der Waals surface area contributed by atoms with E-state index in [9.17, 15) is 4.79 Å². The zero-order valence-corrected chi connectivity index (χ0v) is 7.80. The van der Waals surface area contributed by atoms with E-state index in [1.165, 1.54) is 7.11 Å². The maximum atomic E-state index is 11.2. The monoisotopic (exact) mass is 171 g/mol. The topological polar surface area (TPSA) is 38.3 Å². The smallest absolute Gasteiger partial charge is 0.308 e. The van der Waals surface area contributed by atoms with E-state index in [1.54, 1.807) is 0 Å². The molecule has 1 heterocycles. The molecule has 12 heavy (non-hydrogen) atoms. The Hall–Kier alpha value is -0.570. The lowest BCUT2D eigenvalue weighted by Gasteiger charge is -2.26. The molecule has 0 aromatic heterocycles. The molecular weight excluding hydrogens is 154 g/mol.